The molecule has 0 bridgehead atoms. The van der Waals surface area contributed by atoms with Crippen molar-refractivity contribution in [1.29, 1.82) is 0 Å². The van der Waals surface area contributed by atoms with E-state index in [0.717, 1.165) is 74.1 Å². The minimum atomic E-state index is -0.580. The van der Waals surface area contributed by atoms with Gasteiger partial charge >= 0.3 is 0 Å². The zero-order chi connectivity index (χ0) is 40.5. The zero-order valence-corrected chi connectivity index (χ0v) is 35.0. The number of carbonyl (C=O) groups is 2. The highest BCUT2D eigenvalue weighted by molar-refractivity contribution is 5.93. The summed E-state index contributed by atoms with van der Waals surface area (Å²) in [6, 6.07) is 23.2. The molecule has 0 aliphatic carbocycles. The van der Waals surface area contributed by atoms with Gasteiger partial charge in [0.15, 0.2) is 6.29 Å². The predicted molar refractivity (Wildman–Crippen MR) is 234 cm³/mol. The van der Waals surface area contributed by atoms with Gasteiger partial charge in [0.1, 0.15) is 0 Å². The second-order valence-corrected chi connectivity index (χ2v) is 15.9. The highest BCUT2D eigenvalue weighted by Gasteiger charge is 2.33. The largest absolute Gasteiger partial charge is 0.397 e. The summed E-state index contributed by atoms with van der Waals surface area (Å²) in [6.07, 6.45) is 19.5. The van der Waals surface area contributed by atoms with Gasteiger partial charge in [-0.25, -0.2) is 0 Å². The molecule has 0 aromatic heterocycles. The molecule has 4 rings (SSSR count). The molecule has 1 aliphatic heterocycles. The van der Waals surface area contributed by atoms with Crippen molar-refractivity contribution in [2.75, 3.05) is 36.0 Å². The van der Waals surface area contributed by atoms with E-state index < -0.39 is 6.29 Å². The Morgan fingerprint density at radius 3 is 1.91 bits per heavy atom. The number of nitrogens with two attached hydrogens (primary N) is 1. The van der Waals surface area contributed by atoms with Gasteiger partial charge < -0.3 is 35.8 Å². The van der Waals surface area contributed by atoms with Crippen LogP contribution in [0.2, 0.25) is 0 Å². The Hall–Kier alpha value is -3.76. The van der Waals surface area contributed by atoms with Gasteiger partial charge in [-0.2, -0.15) is 0 Å². The van der Waals surface area contributed by atoms with Crippen LogP contribution >= 0.6 is 0 Å². The van der Waals surface area contributed by atoms with E-state index in [0.29, 0.717) is 24.2 Å². The molecular formula is C48H72N4O5. The van der Waals surface area contributed by atoms with E-state index in [2.05, 4.69) is 41.5 Å². The number of nitrogen functional groups attached to an aromatic ring is 1. The molecule has 2 amide bonds. The van der Waals surface area contributed by atoms with Crippen molar-refractivity contribution < 1.29 is 24.2 Å². The van der Waals surface area contributed by atoms with Gasteiger partial charge in [-0.05, 0) is 74.2 Å². The minimum absolute atomic E-state index is 0.00863. The summed E-state index contributed by atoms with van der Waals surface area (Å²) in [7, 11) is 0. The number of anilines is 3. The summed E-state index contributed by atoms with van der Waals surface area (Å²) in [5.41, 5.74) is 10.7. The first-order chi connectivity index (χ1) is 27.9. The second kappa shape index (κ2) is 27.0. The van der Waals surface area contributed by atoms with Crippen LogP contribution in [0.25, 0.3) is 0 Å². The summed E-state index contributed by atoms with van der Waals surface area (Å²) >= 11 is 0. The van der Waals surface area contributed by atoms with Crippen LogP contribution in [0.15, 0.2) is 72.8 Å². The molecule has 57 heavy (non-hydrogen) atoms. The standard InChI is InChI=1S/C48H72N4O5/c1-3-5-7-9-13-19-32-52(33-20-14-10-8-6-4-2)36-42-35-45(39-30-28-38(37-53)29-31-39)57-48(56-42)40-22-21-23-41(34-40)50-46(54)26-15-11-12-16-27-47(55)51-44-25-18-17-24-43(44)49/h17-18,21-25,28-31,34,42,45,48,53H,3-16,19-20,26-27,32-33,35-37,49H2,1-2H3,(H,50,54)(H,51,55)/t42-,45+,48+/m0/s1. The van der Waals surface area contributed by atoms with Crippen LogP contribution < -0.4 is 16.4 Å². The first-order valence-electron chi connectivity index (χ1n) is 22.2. The number of hydrogen-bond acceptors (Lipinski definition) is 7. The smallest absolute Gasteiger partial charge is 0.224 e. The summed E-state index contributed by atoms with van der Waals surface area (Å²) in [5.74, 6) is -0.0814. The molecule has 5 N–H and O–H groups in total. The molecule has 3 aromatic rings. The van der Waals surface area contributed by atoms with Crippen LogP contribution in [0.3, 0.4) is 0 Å². The topological polar surface area (TPSA) is 126 Å². The Balaban J connectivity index is 1.33. The van der Waals surface area contributed by atoms with Crippen LogP contribution in [0.5, 0.6) is 0 Å². The number of carbonyl (C=O) groups excluding carboxylic acids is 2. The van der Waals surface area contributed by atoms with Gasteiger partial charge in [0.2, 0.25) is 11.8 Å². The van der Waals surface area contributed by atoms with E-state index in [1.54, 1.807) is 12.1 Å². The first kappa shape index (κ1) is 45.9. The fourth-order valence-corrected chi connectivity index (χ4v) is 7.58. The van der Waals surface area contributed by atoms with Gasteiger partial charge in [-0.1, -0.05) is 139 Å². The Morgan fingerprint density at radius 2 is 1.28 bits per heavy atom. The van der Waals surface area contributed by atoms with Crippen molar-refractivity contribution >= 4 is 28.9 Å². The van der Waals surface area contributed by atoms with Crippen molar-refractivity contribution in [1.82, 2.24) is 4.90 Å². The van der Waals surface area contributed by atoms with Crippen LogP contribution in [-0.4, -0.2) is 47.6 Å². The Labute approximate surface area is 343 Å². The number of benzene rings is 3. The number of ether oxygens (including phenoxy) is 2. The zero-order valence-electron chi connectivity index (χ0n) is 35.0. The fourth-order valence-electron chi connectivity index (χ4n) is 7.58. The van der Waals surface area contributed by atoms with Gasteiger partial charge in [-0.15, -0.1) is 0 Å². The molecule has 3 atom stereocenters. The summed E-state index contributed by atoms with van der Waals surface area (Å²) < 4.78 is 13.5. The molecule has 1 fully saturated rings. The van der Waals surface area contributed by atoms with Gasteiger partial charge in [0, 0.05) is 37.1 Å². The fraction of sp³-hybridized carbons (Fsp3) is 0.583. The predicted octanol–water partition coefficient (Wildman–Crippen LogP) is 11.2. The summed E-state index contributed by atoms with van der Waals surface area (Å²) in [4.78, 5) is 27.9. The van der Waals surface area contributed by atoms with Crippen molar-refractivity contribution in [2.45, 2.75) is 161 Å². The first-order valence-corrected chi connectivity index (χ1v) is 22.2. The molecule has 9 heteroatoms. The maximum absolute atomic E-state index is 13.0. The maximum Gasteiger partial charge on any atom is 0.224 e. The van der Waals surface area contributed by atoms with Gasteiger partial charge in [-0.3, -0.25) is 9.59 Å². The molecule has 314 valence electrons. The van der Waals surface area contributed by atoms with Gasteiger partial charge in [0.25, 0.3) is 0 Å². The van der Waals surface area contributed by atoms with Crippen molar-refractivity contribution in [3.05, 3.63) is 89.5 Å². The number of nitrogens with zero attached hydrogens (tertiary/aromatic N) is 1. The number of rotatable bonds is 28. The quantitative estimate of drug-likeness (QED) is 0.0426. The Morgan fingerprint density at radius 1 is 0.684 bits per heavy atom. The third kappa shape index (κ3) is 17.7. The average Bonchev–Trinajstić information content (AvgIpc) is 3.22. The van der Waals surface area contributed by atoms with Crippen molar-refractivity contribution in [3.8, 4) is 0 Å². The Kier molecular flexibility index (Phi) is 21.8. The highest BCUT2D eigenvalue weighted by Crippen LogP contribution is 2.39. The van der Waals surface area contributed by atoms with E-state index in [9.17, 15) is 14.7 Å². The Bertz CT molecular complexity index is 1550. The molecule has 3 aromatic carbocycles. The number of nitrogens with one attached hydrogen (secondary N) is 2. The monoisotopic (exact) mass is 785 g/mol. The van der Waals surface area contributed by atoms with Crippen molar-refractivity contribution in [3.63, 3.8) is 0 Å². The molecular weight excluding hydrogens is 713 g/mol. The second-order valence-electron chi connectivity index (χ2n) is 15.9. The van der Waals surface area contributed by atoms with Gasteiger partial charge in [0.05, 0.1) is 30.2 Å². The molecule has 0 radical (unpaired) electrons. The molecule has 0 unspecified atom stereocenters. The van der Waals surface area contributed by atoms with Crippen LogP contribution in [-0.2, 0) is 25.7 Å². The lowest BCUT2D eigenvalue weighted by molar-refractivity contribution is -0.253. The molecule has 1 saturated heterocycles. The molecule has 1 aliphatic rings. The van der Waals surface area contributed by atoms with E-state index in [1.807, 2.05) is 48.5 Å². The van der Waals surface area contributed by atoms with E-state index in [4.69, 9.17) is 15.2 Å². The van der Waals surface area contributed by atoms with Crippen LogP contribution in [0.1, 0.15) is 165 Å². The number of hydrogen-bond donors (Lipinski definition) is 4. The normalized spacial score (nSPS) is 16.8. The number of unbranched alkanes of at least 4 members (excludes halogenated alkanes) is 13. The van der Waals surface area contributed by atoms with E-state index >= 15 is 0 Å². The number of aliphatic hydroxyl groups is 1. The van der Waals surface area contributed by atoms with Crippen molar-refractivity contribution in [2.24, 2.45) is 0 Å². The van der Waals surface area contributed by atoms with Crippen LogP contribution in [0.4, 0.5) is 17.1 Å². The number of amides is 2. The van der Waals surface area contributed by atoms with Crippen LogP contribution in [0, 0.1) is 0 Å². The SMILES string of the molecule is CCCCCCCCN(CCCCCCCC)C[C@@H]1C[C@H](c2ccc(CO)cc2)O[C@H](c2cccc(NC(=O)CCCCCCC(=O)Nc3ccccc3N)c2)O1. The molecule has 0 saturated carbocycles. The molecule has 1 heterocycles. The molecule has 9 nitrogen and oxygen atoms in total. The third-order valence-corrected chi connectivity index (χ3v) is 11.0. The third-order valence-electron chi connectivity index (χ3n) is 11.0. The molecule has 0 spiro atoms. The summed E-state index contributed by atoms with van der Waals surface area (Å²) in [5, 5.41) is 15.6. The van der Waals surface area contributed by atoms with E-state index in [-0.39, 0.29) is 30.6 Å². The minimum Gasteiger partial charge on any atom is -0.397 e. The lowest BCUT2D eigenvalue weighted by atomic mass is 9.99. The lowest BCUT2D eigenvalue weighted by Gasteiger charge is -2.38. The lowest BCUT2D eigenvalue weighted by Crippen LogP contribution is -2.40. The highest BCUT2D eigenvalue weighted by atomic mass is 16.7. The average molecular weight is 785 g/mol. The van der Waals surface area contributed by atoms with E-state index in [1.165, 1.54) is 77.0 Å². The summed E-state index contributed by atoms with van der Waals surface area (Å²) in [6.45, 7) is 7.58. The number of aliphatic hydroxyl groups excluding tert-OH is 1. The number of para-hydroxylation sites is 2. The maximum atomic E-state index is 13.0.